The highest BCUT2D eigenvalue weighted by Gasteiger charge is 2.16. The second-order valence-electron chi connectivity index (χ2n) is 4.70. The Bertz CT molecular complexity index is 423. The molecular weight excluding hydrogens is 234 g/mol. The van der Waals surface area contributed by atoms with E-state index in [2.05, 4.69) is 5.32 Å². The Labute approximate surface area is 107 Å². The zero-order valence-electron chi connectivity index (χ0n) is 11.4. The summed E-state index contributed by atoms with van der Waals surface area (Å²) in [4.78, 5) is 11.6. The molecule has 0 aromatic heterocycles. The molecule has 0 unspecified atom stereocenters. The van der Waals surface area contributed by atoms with Crippen molar-refractivity contribution in [2.75, 3.05) is 19.5 Å². The van der Waals surface area contributed by atoms with Crippen molar-refractivity contribution in [1.82, 2.24) is 0 Å². The van der Waals surface area contributed by atoms with E-state index in [1.807, 2.05) is 0 Å². The van der Waals surface area contributed by atoms with Crippen LogP contribution in [0.2, 0.25) is 0 Å². The van der Waals surface area contributed by atoms with Crippen LogP contribution in [0.4, 0.5) is 10.5 Å². The highest BCUT2D eigenvalue weighted by molar-refractivity contribution is 5.85. The molecule has 0 aliphatic rings. The summed E-state index contributed by atoms with van der Waals surface area (Å²) in [5, 5.41) is 2.63. The summed E-state index contributed by atoms with van der Waals surface area (Å²) in [5.41, 5.74) is 0.0579. The zero-order chi connectivity index (χ0) is 13.8. The quantitative estimate of drug-likeness (QED) is 0.899. The van der Waals surface area contributed by atoms with Gasteiger partial charge < -0.3 is 14.2 Å². The Morgan fingerprint density at radius 1 is 1.11 bits per heavy atom. The number of ether oxygens (including phenoxy) is 3. The number of amides is 1. The Morgan fingerprint density at radius 3 is 2.22 bits per heavy atom. The van der Waals surface area contributed by atoms with Gasteiger partial charge in [-0.2, -0.15) is 0 Å². The van der Waals surface area contributed by atoms with Crippen LogP contribution >= 0.6 is 0 Å². The van der Waals surface area contributed by atoms with Crippen LogP contribution < -0.4 is 14.8 Å². The number of anilines is 1. The highest BCUT2D eigenvalue weighted by atomic mass is 16.6. The Morgan fingerprint density at radius 2 is 1.72 bits per heavy atom. The maximum atomic E-state index is 11.6. The second-order valence-corrected chi connectivity index (χ2v) is 4.70. The lowest BCUT2D eigenvalue weighted by molar-refractivity contribution is 0.0636. The van der Waals surface area contributed by atoms with E-state index in [4.69, 9.17) is 14.2 Å². The molecule has 0 heterocycles. The van der Waals surface area contributed by atoms with Crippen molar-refractivity contribution in [2.24, 2.45) is 0 Å². The molecule has 1 aromatic rings. The van der Waals surface area contributed by atoms with Gasteiger partial charge in [0, 0.05) is 11.8 Å². The number of benzene rings is 1. The lowest BCUT2D eigenvalue weighted by Gasteiger charge is -2.20. The van der Waals surface area contributed by atoms with E-state index >= 15 is 0 Å². The van der Waals surface area contributed by atoms with Crippen LogP contribution in [-0.2, 0) is 4.74 Å². The molecule has 0 fully saturated rings. The normalized spacial score (nSPS) is 10.7. The molecular formula is C13H19NO4. The molecule has 0 spiro atoms. The van der Waals surface area contributed by atoms with E-state index in [1.165, 1.54) is 7.11 Å². The molecule has 100 valence electrons. The van der Waals surface area contributed by atoms with Gasteiger partial charge in [0.25, 0.3) is 0 Å². The lowest BCUT2D eigenvalue weighted by atomic mass is 10.2. The summed E-state index contributed by atoms with van der Waals surface area (Å²) < 4.78 is 15.4. The fourth-order valence-corrected chi connectivity index (χ4v) is 1.34. The second kappa shape index (κ2) is 5.62. The molecule has 0 saturated carbocycles. The minimum Gasteiger partial charge on any atom is -0.493 e. The number of methoxy groups -OCH3 is 2. The number of hydrogen-bond acceptors (Lipinski definition) is 4. The van der Waals surface area contributed by atoms with Gasteiger partial charge >= 0.3 is 6.09 Å². The van der Waals surface area contributed by atoms with E-state index in [0.29, 0.717) is 17.2 Å². The third-order valence-electron chi connectivity index (χ3n) is 2.03. The van der Waals surface area contributed by atoms with Crippen molar-refractivity contribution in [3.8, 4) is 11.5 Å². The fourth-order valence-electron chi connectivity index (χ4n) is 1.34. The molecule has 18 heavy (non-hydrogen) atoms. The van der Waals surface area contributed by atoms with Gasteiger partial charge in [0.1, 0.15) is 5.60 Å². The SMILES string of the molecule is COc1ccc(NC(=O)OC(C)(C)C)cc1OC. The largest absolute Gasteiger partial charge is 0.493 e. The molecule has 5 nitrogen and oxygen atoms in total. The van der Waals surface area contributed by atoms with Gasteiger partial charge in [-0.3, -0.25) is 5.32 Å². The minimum absolute atomic E-state index is 0.505. The maximum absolute atomic E-state index is 11.6. The van der Waals surface area contributed by atoms with Crippen LogP contribution in [0.3, 0.4) is 0 Å². The van der Waals surface area contributed by atoms with Crippen LogP contribution in [0.1, 0.15) is 20.8 Å². The first-order chi connectivity index (χ1) is 8.35. The van der Waals surface area contributed by atoms with Gasteiger partial charge in [-0.25, -0.2) is 4.79 Å². The molecule has 0 aliphatic carbocycles. The van der Waals surface area contributed by atoms with Crippen molar-refractivity contribution >= 4 is 11.8 Å². The Balaban J connectivity index is 2.76. The van der Waals surface area contributed by atoms with Crippen molar-refractivity contribution in [1.29, 1.82) is 0 Å². The average Bonchev–Trinajstić information content (AvgIpc) is 2.26. The van der Waals surface area contributed by atoms with E-state index in [1.54, 1.807) is 46.1 Å². The third-order valence-corrected chi connectivity index (χ3v) is 2.03. The standard InChI is InChI=1S/C13H19NO4/c1-13(2,3)18-12(15)14-9-6-7-10(16-4)11(8-9)17-5/h6-8H,1-5H3,(H,14,15). The molecule has 1 amide bonds. The van der Waals surface area contributed by atoms with Crippen molar-refractivity contribution in [2.45, 2.75) is 26.4 Å². The van der Waals surface area contributed by atoms with Crippen LogP contribution in [0.5, 0.6) is 11.5 Å². The monoisotopic (exact) mass is 253 g/mol. The van der Waals surface area contributed by atoms with Gasteiger partial charge in [0.15, 0.2) is 11.5 Å². The topological polar surface area (TPSA) is 56.8 Å². The number of rotatable bonds is 3. The predicted molar refractivity (Wildman–Crippen MR) is 69.4 cm³/mol. The molecule has 1 aromatic carbocycles. The number of carbonyl (C=O) groups excluding carboxylic acids is 1. The molecule has 0 atom stereocenters. The van der Waals surface area contributed by atoms with Crippen LogP contribution in [0.25, 0.3) is 0 Å². The fraction of sp³-hybridized carbons (Fsp3) is 0.462. The molecule has 0 radical (unpaired) electrons. The molecule has 1 rings (SSSR count). The van der Waals surface area contributed by atoms with Gasteiger partial charge in [0.2, 0.25) is 0 Å². The maximum Gasteiger partial charge on any atom is 0.412 e. The molecule has 5 heteroatoms. The van der Waals surface area contributed by atoms with Crippen molar-refractivity contribution in [3.63, 3.8) is 0 Å². The predicted octanol–water partition coefficient (Wildman–Crippen LogP) is 3.05. The van der Waals surface area contributed by atoms with E-state index in [0.717, 1.165) is 0 Å². The zero-order valence-corrected chi connectivity index (χ0v) is 11.4. The Kier molecular flexibility index (Phi) is 4.42. The van der Waals surface area contributed by atoms with Crippen LogP contribution in [0.15, 0.2) is 18.2 Å². The van der Waals surface area contributed by atoms with Gasteiger partial charge in [0.05, 0.1) is 14.2 Å². The number of carbonyl (C=O) groups is 1. The number of hydrogen-bond donors (Lipinski definition) is 1. The van der Waals surface area contributed by atoms with E-state index in [9.17, 15) is 4.79 Å². The minimum atomic E-state index is -0.527. The van der Waals surface area contributed by atoms with Crippen LogP contribution in [-0.4, -0.2) is 25.9 Å². The summed E-state index contributed by atoms with van der Waals surface area (Å²) in [6.45, 7) is 5.42. The number of nitrogens with one attached hydrogen (secondary N) is 1. The first kappa shape index (κ1) is 14.2. The van der Waals surface area contributed by atoms with Gasteiger partial charge in [-0.15, -0.1) is 0 Å². The van der Waals surface area contributed by atoms with Gasteiger partial charge in [-0.1, -0.05) is 0 Å². The lowest BCUT2D eigenvalue weighted by Crippen LogP contribution is -2.27. The first-order valence-electron chi connectivity index (χ1n) is 5.58. The van der Waals surface area contributed by atoms with E-state index < -0.39 is 11.7 Å². The summed E-state index contributed by atoms with van der Waals surface area (Å²) >= 11 is 0. The highest BCUT2D eigenvalue weighted by Crippen LogP contribution is 2.29. The van der Waals surface area contributed by atoms with Crippen molar-refractivity contribution < 1.29 is 19.0 Å². The average molecular weight is 253 g/mol. The summed E-state index contributed by atoms with van der Waals surface area (Å²) in [7, 11) is 3.09. The summed E-state index contributed by atoms with van der Waals surface area (Å²) in [6, 6.07) is 5.10. The third kappa shape index (κ3) is 4.16. The van der Waals surface area contributed by atoms with Crippen molar-refractivity contribution in [3.05, 3.63) is 18.2 Å². The van der Waals surface area contributed by atoms with E-state index in [-0.39, 0.29) is 0 Å². The molecule has 0 aliphatic heterocycles. The molecule has 0 bridgehead atoms. The Hall–Kier alpha value is -1.91. The molecule has 0 saturated heterocycles. The first-order valence-corrected chi connectivity index (χ1v) is 5.58. The summed E-state index contributed by atoms with van der Waals surface area (Å²) in [6.07, 6.45) is -0.505. The van der Waals surface area contributed by atoms with Crippen LogP contribution in [0, 0.1) is 0 Å². The summed E-state index contributed by atoms with van der Waals surface area (Å²) in [5.74, 6) is 1.15. The van der Waals surface area contributed by atoms with Gasteiger partial charge in [-0.05, 0) is 32.9 Å². The molecule has 1 N–H and O–H groups in total. The smallest absolute Gasteiger partial charge is 0.412 e.